The lowest BCUT2D eigenvalue weighted by molar-refractivity contribution is -0.164. The lowest BCUT2D eigenvalue weighted by atomic mass is 9.82. The smallest absolute Gasteiger partial charge is 0.311 e. The van der Waals surface area contributed by atoms with E-state index in [-0.39, 0.29) is 25.2 Å². The van der Waals surface area contributed by atoms with Crippen LogP contribution in [0.5, 0.6) is 5.75 Å². The van der Waals surface area contributed by atoms with E-state index < -0.39 is 138 Å². The van der Waals surface area contributed by atoms with Crippen LogP contribution in [0, 0.1) is 29.1 Å². The molecule has 0 spiro atoms. The fourth-order valence-electron chi connectivity index (χ4n) is 8.40. The second-order valence-electron chi connectivity index (χ2n) is 20.2. The van der Waals surface area contributed by atoms with Crippen molar-refractivity contribution in [1.29, 1.82) is 0 Å². The van der Waals surface area contributed by atoms with Crippen molar-refractivity contribution in [3.63, 3.8) is 0 Å². The molecule has 1 heterocycles. The number of likely N-dealkylation sites (N-methyl/N-ethyl adjacent to an activating group) is 4. The molecule has 20 heteroatoms. The van der Waals surface area contributed by atoms with Crippen LogP contribution in [0.3, 0.4) is 0 Å². The van der Waals surface area contributed by atoms with Gasteiger partial charge < -0.3 is 50.3 Å². The van der Waals surface area contributed by atoms with Gasteiger partial charge in [0, 0.05) is 46.6 Å². The highest BCUT2D eigenvalue weighted by Crippen LogP contribution is 2.25. The number of esters is 1. The number of carbonyl (C=O) groups excluding carboxylic acids is 10. The number of benzene rings is 1. The standard InChI is InChI=1S/C51H82N8O12/c1-18-30(7)42-47(66)53-26-39(60)57(14)37(24-28(3)4)45(64)52-27-40(61)59(16)41(29(5)6)48(67)58(15)38(25-34-20-22-35(70-17)23-21-34)46(65)54-32(9)43(62)51(11,12)50(69)56(13)33(10)44(63)55-36(19-2)31(8)49(68)71-42/h20-23,28-33,36-38,41-42H,18-19,24-27H2,1-17H3,(H,52,64)(H,53,66)(H,54,65)(H,55,63)/t30?,31-,32+,33-,36+,37-,38-,41-,42-/m0/s1. The lowest BCUT2D eigenvalue weighted by Crippen LogP contribution is -2.60. The van der Waals surface area contributed by atoms with Crippen LogP contribution in [0.25, 0.3) is 0 Å². The molecule has 8 amide bonds. The van der Waals surface area contributed by atoms with Gasteiger partial charge in [0.15, 0.2) is 11.9 Å². The number of ether oxygens (including phenoxy) is 2. The molecule has 0 radical (unpaired) electrons. The SMILES string of the molecule is CCC(C)[C@@H]1OC(=O)[C@@H](C)[C@@H](CC)NC(=O)[C@H](C)N(C)C(=O)C(C)(C)C(=O)[C@@H](C)NC(=O)[C@H](Cc2ccc(OC)cc2)N(C)C(=O)[C@H](C(C)C)N(C)C(=O)CNC(=O)[C@H](CC(C)C)N(C)C(=O)CNC1=O. The van der Waals surface area contributed by atoms with E-state index in [0.717, 1.165) is 4.90 Å². The molecular formula is C51H82N8O12. The largest absolute Gasteiger partial charge is 0.497 e. The van der Waals surface area contributed by atoms with Gasteiger partial charge in [-0.3, -0.25) is 47.9 Å². The molecule has 1 aromatic carbocycles. The molecule has 0 saturated carbocycles. The van der Waals surface area contributed by atoms with E-state index in [0.29, 0.717) is 17.7 Å². The van der Waals surface area contributed by atoms with E-state index in [1.54, 1.807) is 58.9 Å². The van der Waals surface area contributed by atoms with Crippen molar-refractivity contribution in [3.05, 3.63) is 29.8 Å². The van der Waals surface area contributed by atoms with Gasteiger partial charge in [0.1, 0.15) is 35.3 Å². The number of hydrogen-bond acceptors (Lipinski definition) is 12. The Balaban J connectivity index is 2.72. The summed E-state index contributed by atoms with van der Waals surface area (Å²) in [6, 6.07) is 0.125. The van der Waals surface area contributed by atoms with Gasteiger partial charge in [-0.15, -0.1) is 0 Å². The van der Waals surface area contributed by atoms with Crippen LogP contribution >= 0.6 is 0 Å². The molecule has 20 nitrogen and oxygen atoms in total. The summed E-state index contributed by atoms with van der Waals surface area (Å²) in [6.45, 7) is 18.5. The normalized spacial score (nSPS) is 26.7. The molecule has 1 saturated heterocycles. The van der Waals surface area contributed by atoms with Gasteiger partial charge in [0.25, 0.3) is 5.91 Å². The second-order valence-corrected chi connectivity index (χ2v) is 20.2. The van der Waals surface area contributed by atoms with Crippen LogP contribution in [0.4, 0.5) is 0 Å². The number of methoxy groups -OCH3 is 1. The highest BCUT2D eigenvalue weighted by Gasteiger charge is 2.45. The molecule has 9 atom stereocenters. The molecule has 398 valence electrons. The maximum absolute atomic E-state index is 14.6. The van der Waals surface area contributed by atoms with Crippen LogP contribution in [0.1, 0.15) is 108 Å². The molecule has 1 fully saturated rings. The van der Waals surface area contributed by atoms with Crippen molar-refractivity contribution < 1.29 is 57.4 Å². The Kier molecular flexibility index (Phi) is 23.2. The minimum atomic E-state index is -1.79. The Labute approximate surface area is 420 Å². The van der Waals surface area contributed by atoms with Crippen LogP contribution in [0.2, 0.25) is 0 Å². The average molecular weight is 999 g/mol. The van der Waals surface area contributed by atoms with Crippen molar-refractivity contribution in [3.8, 4) is 5.75 Å². The monoisotopic (exact) mass is 999 g/mol. The highest BCUT2D eigenvalue weighted by molar-refractivity contribution is 6.09. The molecule has 1 aromatic rings. The van der Waals surface area contributed by atoms with Gasteiger partial charge in [0.05, 0.1) is 32.2 Å². The van der Waals surface area contributed by atoms with Crippen LogP contribution in [-0.4, -0.2) is 169 Å². The topological polar surface area (TPSA) is 250 Å². The second kappa shape index (κ2) is 26.9. The van der Waals surface area contributed by atoms with Crippen LogP contribution < -0.4 is 26.0 Å². The molecule has 0 aliphatic carbocycles. The Morgan fingerprint density at radius 2 is 1.25 bits per heavy atom. The third-order valence-corrected chi connectivity index (χ3v) is 13.7. The Bertz CT molecular complexity index is 2080. The van der Waals surface area contributed by atoms with Gasteiger partial charge in [-0.25, -0.2) is 0 Å². The van der Waals surface area contributed by atoms with Crippen molar-refractivity contribution in [1.82, 2.24) is 40.9 Å². The number of ketones is 1. The molecular weight excluding hydrogens is 917 g/mol. The Morgan fingerprint density at radius 1 is 0.704 bits per heavy atom. The quantitative estimate of drug-likeness (QED) is 0.205. The first kappa shape index (κ1) is 61.0. The predicted octanol–water partition coefficient (Wildman–Crippen LogP) is 2.10. The van der Waals surface area contributed by atoms with E-state index in [2.05, 4.69) is 21.3 Å². The van der Waals surface area contributed by atoms with Crippen LogP contribution in [-0.2, 0) is 59.1 Å². The minimum absolute atomic E-state index is 0.0319. The summed E-state index contributed by atoms with van der Waals surface area (Å²) in [4.78, 5) is 145. The summed E-state index contributed by atoms with van der Waals surface area (Å²) >= 11 is 0. The summed E-state index contributed by atoms with van der Waals surface area (Å²) in [5.74, 6) is -8.41. The molecule has 1 unspecified atom stereocenters. The summed E-state index contributed by atoms with van der Waals surface area (Å²) in [5, 5.41) is 10.7. The van der Waals surface area contributed by atoms with E-state index in [9.17, 15) is 47.9 Å². The zero-order valence-corrected chi connectivity index (χ0v) is 45.1. The Morgan fingerprint density at radius 3 is 1.76 bits per heavy atom. The summed E-state index contributed by atoms with van der Waals surface area (Å²) < 4.78 is 11.1. The van der Waals surface area contributed by atoms with Gasteiger partial charge in [0.2, 0.25) is 41.4 Å². The first-order valence-electron chi connectivity index (χ1n) is 24.6. The molecule has 0 aromatic heterocycles. The zero-order chi connectivity index (χ0) is 54.4. The average Bonchev–Trinajstić information content (AvgIpc) is 3.33. The molecule has 1 aliphatic rings. The third-order valence-electron chi connectivity index (χ3n) is 13.7. The van der Waals surface area contributed by atoms with Crippen molar-refractivity contribution in [2.24, 2.45) is 29.1 Å². The van der Waals surface area contributed by atoms with E-state index in [1.807, 2.05) is 13.8 Å². The first-order chi connectivity index (χ1) is 33.0. The minimum Gasteiger partial charge on any atom is -0.497 e. The number of hydrogen-bond donors (Lipinski definition) is 4. The predicted molar refractivity (Wildman–Crippen MR) is 266 cm³/mol. The fourth-order valence-corrected chi connectivity index (χ4v) is 8.40. The van der Waals surface area contributed by atoms with Gasteiger partial charge >= 0.3 is 5.97 Å². The van der Waals surface area contributed by atoms with E-state index >= 15 is 0 Å². The molecule has 1 aliphatic heterocycles. The zero-order valence-electron chi connectivity index (χ0n) is 45.1. The maximum Gasteiger partial charge on any atom is 0.311 e. The van der Waals surface area contributed by atoms with Crippen LogP contribution in [0.15, 0.2) is 24.3 Å². The molecule has 0 bridgehead atoms. The summed E-state index contributed by atoms with van der Waals surface area (Å²) in [5.41, 5.74) is -1.15. The third kappa shape index (κ3) is 16.0. The van der Waals surface area contributed by atoms with Gasteiger partial charge in [-0.2, -0.15) is 0 Å². The number of nitrogens with one attached hydrogen (secondary N) is 4. The van der Waals surface area contributed by atoms with Gasteiger partial charge in [-0.1, -0.05) is 60.6 Å². The number of carbonyl (C=O) groups is 10. The van der Waals surface area contributed by atoms with E-state index in [4.69, 9.17) is 9.47 Å². The number of Topliss-reactive ketones (excluding diaryl/α,β-unsaturated/α-hetero) is 1. The van der Waals surface area contributed by atoms with Crippen molar-refractivity contribution in [2.75, 3.05) is 48.4 Å². The van der Waals surface area contributed by atoms with Crippen molar-refractivity contribution >= 4 is 59.0 Å². The lowest BCUT2D eigenvalue weighted by Gasteiger charge is -2.37. The summed E-state index contributed by atoms with van der Waals surface area (Å²) in [7, 11) is 7.09. The highest BCUT2D eigenvalue weighted by atomic mass is 16.5. The number of amides is 8. The first-order valence-corrected chi connectivity index (χ1v) is 24.6. The molecule has 4 N–H and O–H groups in total. The van der Waals surface area contributed by atoms with Crippen molar-refractivity contribution in [2.45, 2.75) is 151 Å². The number of cyclic esters (lactones) is 1. The number of rotatable bonds is 9. The number of nitrogens with zero attached hydrogens (tertiary/aromatic N) is 4. The Hall–Kier alpha value is -6.08. The summed E-state index contributed by atoms with van der Waals surface area (Å²) in [6.07, 6.45) is -0.495. The molecule has 2 rings (SSSR count). The van der Waals surface area contributed by atoms with Gasteiger partial charge in [-0.05, 0) is 83.4 Å². The van der Waals surface area contributed by atoms with E-state index in [1.165, 1.54) is 84.6 Å². The fraction of sp³-hybridized carbons (Fsp3) is 0.686. The maximum atomic E-state index is 14.6. The molecule has 71 heavy (non-hydrogen) atoms.